The van der Waals surface area contributed by atoms with Crippen LogP contribution in [0.15, 0.2) is 121 Å². The van der Waals surface area contributed by atoms with Crippen LogP contribution in [0.1, 0.15) is 30.5 Å². The van der Waals surface area contributed by atoms with E-state index in [2.05, 4.69) is 136 Å². The number of benzene rings is 6. The van der Waals surface area contributed by atoms with E-state index in [-0.39, 0.29) is 5.41 Å². The van der Waals surface area contributed by atoms with Gasteiger partial charge in [-0.3, -0.25) is 4.98 Å². The highest BCUT2D eigenvalue weighted by atomic mass is 14.7. The maximum atomic E-state index is 4.99. The largest absolute Gasteiger partial charge is 0.256 e. The van der Waals surface area contributed by atoms with Gasteiger partial charge in [-0.1, -0.05) is 123 Å². The monoisotopic (exact) mass is 511 g/mol. The fourth-order valence-corrected chi connectivity index (χ4v) is 7.05. The molecule has 0 bridgehead atoms. The second-order valence-corrected chi connectivity index (χ2v) is 11.7. The van der Waals surface area contributed by atoms with E-state index in [1.807, 2.05) is 6.20 Å². The van der Waals surface area contributed by atoms with Crippen molar-refractivity contribution in [2.75, 3.05) is 0 Å². The van der Waals surface area contributed by atoms with Gasteiger partial charge in [0.25, 0.3) is 0 Å². The van der Waals surface area contributed by atoms with Crippen LogP contribution in [0.5, 0.6) is 0 Å². The Morgan fingerprint density at radius 3 is 2.05 bits per heavy atom. The molecule has 1 aliphatic rings. The van der Waals surface area contributed by atoms with E-state index < -0.39 is 0 Å². The molecule has 1 aliphatic carbocycles. The molecule has 0 aliphatic heterocycles. The first-order chi connectivity index (χ1) is 19.5. The van der Waals surface area contributed by atoms with E-state index in [4.69, 9.17) is 4.98 Å². The van der Waals surface area contributed by atoms with Crippen LogP contribution in [-0.4, -0.2) is 4.98 Å². The van der Waals surface area contributed by atoms with Crippen LogP contribution in [-0.2, 0) is 5.41 Å². The highest BCUT2D eigenvalue weighted by Crippen LogP contribution is 2.51. The summed E-state index contributed by atoms with van der Waals surface area (Å²) in [5.41, 5.74) is 11.6. The van der Waals surface area contributed by atoms with Crippen LogP contribution in [0.3, 0.4) is 0 Å². The minimum Gasteiger partial charge on any atom is -0.256 e. The van der Waals surface area contributed by atoms with Gasteiger partial charge in [0.2, 0.25) is 0 Å². The van der Waals surface area contributed by atoms with Crippen LogP contribution < -0.4 is 0 Å². The van der Waals surface area contributed by atoms with E-state index in [1.54, 1.807) is 0 Å². The average molecular weight is 512 g/mol. The van der Waals surface area contributed by atoms with Crippen molar-refractivity contribution < 1.29 is 0 Å². The first-order valence-corrected chi connectivity index (χ1v) is 14.1. The molecular weight excluding hydrogens is 482 g/mol. The van der Waals surface area contributed by atoms with Crippen molar-refractivity contribution in [1.82, 2.24) is 4.98 Å². The smallest absolute Gasteiger partial charge is 0.0792 e. The average Bonchev–Trinajstić information content (AvgIpc) is 3.21. The van der Waals surface area contributed by atoms with Crippen molar-refractivity contribution in [2.45, 2.75) is 26.2 Å². The van der Waals surface area contributed by atoms with Gasteiger partial charge in [0.15, 0.2) is 0 Å². The molecule has 190 valence electrons. The molecule has 0 saturated heterocycles. The Balaban J connectivity index is 1.50. The van der Waals surface area contributed by atoms with Crippen LogP contribution in [0.2, 0.25) is 0 Å². The Hall–Kier alpha value is -4.75. The molecular formula is C39H29N. The Morgan fingerprint density at radius 1 is 0.525 bits per heavy atom. The fourth-order valence-electron chi connectivity index (χ4n) is 7.05. The minimum absolute atomic E-state index is 0.00489. The van der Waals surface area contributed by atoms with Gasteiger partial charge in [-0.15, -0.1) is 0 Å². The zero-order chi connectivity index (χ0) is 27.0. The van der Waals surface area contributed by atoms with Crippen molar-refractivity contribution >= 4 is 32.3 Å². The number of aromatic nitrogens is 1. The maximum Gasteiger partial charge on any atom is 0.0792 e. The SMILES string of the molecule is Cc1ccc2c(-c3nccc4ccccc34)c3ccccc3c(-c3ccc4c(c3)-c3ccccc3C4(C)C)c2c1. The summed E-state index contributed by atoms with van der Waals surface area (Å²) >= 11 is 0. The van der Waals surface area contributed by atoms with Gasteiger partial charge in [-0.2, -0.15) is 0 Å². The lowest BCUT2D eigenvalue weighted by Gasteiger charge is -2.22. The number of nitrogens with zero attached hydrogens (tertiary/aromatic N) is 1. The second kappa shape index (κ2) is 8.37. The molecule has 1 heteroatoms. The van der Waals surface area contributed by atoms with E-state index >= 15 is 0 Å². The molecule has 6 aromatic carbocycles. The standard InChI is InChI=1S/C39H29N/c1-24-16-18-31-33(22-24)36(26-17-19-35-32(23-26)28-12-8-9-15-34(28)39(35,2)3)29-13-6-7-14-30(29)37(31)38-27-11-5-4-10-25(27)20-21-40-38/h4-23H,1-3H3. The van der Waals surface area contributed by atoms with Crippen molar-refractivity contribution in [3.63, 3.8) is 0 Å². The molecule has 1 aromatic heterocycles. The van der Waals surface area contributed by atoms with Crippen LogP contribution in [0, 0.1) is 6.92 Å². The highest BCUT2D eigenvalue weighted by Gasteiger charge is 2.35. The zero-order valence-corrected chi connectivity index (χ0v) is 23.0. The molecule has 7 aromatic rings. The molecule has 0 unspecified atom stereocenters. The predicted octanol–water partition coefficient (Wildman–Crippen LogP) is 10.5. The molecule has 1 heterocycles. The van der Waals surface area contributed by atoms with Gasteiger partial charge in [0, 0.05) is 22.6 Å². The second-order valence-electron chi connectivity index (χ2n) is 11.7. The summed E-state index contributed by atoms with van der Waals surface area (Å²) in [4.78, 5) is 4.99. The van der Waals surface area contributed by atoms with Crippen LogP contribution in [0.25, 0.3) is 65.8 Å². The first kappa shape index (κ1) is 23.2. The number of aryl methyl sites for hydroxylation is 1. The van der Waals surface area contributed by atoms with Crippen LogP contribution in [0.4, 0.5) is 0 Å². The lowest BCUT2D eigenvalue weighted by molar-refractivity contribution is 0.660. The van der Waals surface area contributed by atoms with Crippen LogP contribution >= 0.6 is 0 Å². The topological polar surface area (TPSA) is 12.9 Å². The molecule has 0 atom stereocenters. The Labute approximate surface area is 234 Å². The van der Waals surface area contributed by atoms with Crippen molar-refractivity contribution in [2.24, 2.45) is 0 Å². The van der Waals surface area contributed by atoms with Crippen molar-refractivity contribution in [1.29, 1.82) is 0 Å². The molecule has 0 amide bonds. The third-order valence-corrected chi connectivity index (χ3v) is 8.96. The quantitative estimate of drug-likeness (QED) is 0.210. The fraction of sp³-hybridized carbons (Fsp3) is 0.103. The van der Waals surface area contributed by atoms with Crippen molar-refractivity contribution in [3.05, 3.63) is 138 Å². The normalized spacial score (nSPS) is 13.6. The molecule has 1 nitrogen and oxygen atoms in total. The summed E-state index contributed by atoms with van der Waals surface area (Å²) in [5.74, 6) is 0. The van der Waals surface area contributed by atoms with Gasteiger partial charge in [-0.05, 0) is 79.4 Å². The van der Waals surface area contributed by atoms with E-state index in [0.29, 0.717) is 0 Å². The summed E-state index contributed by atoms with van der Waals surface area (Å²) in [7, 11) is 0. The molecule has 0 spiro atoms. The van der Waals surface area contributed by atoms with E-state index in [1.165, 1.54) is 76.8 Å². The van der Waals surface area contributed by atoms with E-state index in [9.17, 15) is 0 Å². The lowest BCUT2D eigenvalue weighted by Crippen LogP contribution is -2.14. The number of hydrogen-bond acceptors (Lipinski definition) is 1. The molecule has 0 saturated carbocycles. The summed E-state index contributed by atoms with van der Waals surface area (Å²) < 4.78 is 0. The summed E-state index contributed by atoms with van der Waals surface area (Å²) in [5, 5.41) is 7.40. The molecule has 0 fully saturated rings. The van der Waals surface area contributed by atoms with E-state index in [0.717, 1.165) is 5.69 Å². The van der Waals surface area contributed by atoms with Gasteiger partial charge < -0.3 is 0 Å². The summed E-state index contributed by atoms with van der Waals surface area (Å²) in [6, 6.07) is 42.5. The predicted molar refractivity (Wildman–Crippen MR) is 170 cm³/mol. The zero-order valence-electron chi connectivity index (χ0n) is 23.0. The molecule has 0 radical (unpaired) electrons. The number of rotatable bonds is 2. The van der Waals surface area contributed by atoms with Crippen molar-refractivity contribution in [3.8, 4) is 33.5 Å². The van der Waals surface area contributed by atoms with Gasteiger partial charge in [0.05, 0.1) is 5.69 Å². The Kier molecular flexibility index (Phi) is 4.85. The highest BCUT2D eigenvalue weighted by molar-refractivity contribution is 6.23. The number of pyridine rings is 1. The minimum atomic E-state index is -0.00489. The van der Waals surface area contributed by atoms with Gasteiger partial charge >= 0.3 is 0 Å². The van der Waals surface area contributed by atoms with Gasteiger partial charge in [-0.25, -0.2) is 0 Å². The maximum absolute atomic E-state index is 4.99. The summed E-state index contributed by atoms with van der Waals surface area (Å²) in [6.07, 6.45) is 1.94. The third-order valence-electron chi connectivity index (χ3n) is 8.96. The Morgan fingerprint density at radius 2 is 1.20 bits per heavy atom. The number of fused-ring (bicyclic) bond motifs is 6. The molecule has 0 N–H and O–H groups in total. The summed E-state index contributed by atoms with van der Waals surface area (Å²) in [6.45, 7) is 6.88. The number of hydrogen-bond donors (Lipinski definition) is 0. The molecule has 40 heavy (non-hydrogen) atoms. The van der Waals surface area contributed by atoms with Gasteiger partial charge in [0.1, 0.15) is 0 Å². The molecule has 8 rings (SSSR count). The lowest BCUT2D eigenvalue weighted by atomic mass is 9.81. The Bertz CT molecular complexity index is 2140. The first-order valence-electron chi connectivity index (χ1n) is 14.1. The third kappa shape index (κ3) is 3.18.